The Bertz CT molecular complexity index is 1100. The van der Waals surface area contributed by atoms with E-state index in [4.69, 9.17) is 4.74 Å². The molecule has 0 saturated carbocycles. The average Bonchev–Trinajstić information content (AvgIpc) is 2.88. The summed E-state index contributed by atoms with van der Waals surface area (Å²) in [5.74, 6) is -0.385. The van der Waals surface area contributed by atoms with E-state index in [9.17, 15) is 14.4 Å². The third-order valence-electron chi connectivity index (χ3n) is 4.30. The highest BCUT2D eigenvalue weighted by atomic mass is 79.9. The molecule has 130 valence electrons. The van der Waals surface area contributed by atoms with Gasteiger partial charge in [-0.15, -0.1) is 0 Å². The second kappa shape index (κ2) is 6.06. The Morgan fingerprint density at radius 3 is 2.38 bits per heavy atom. The van der Waals surface area contributed by atoms with Crippen LogP contribution in [-0.4, -0.2) is 34.0 Å². The lowest BCUT2D eigenvalue weighted by atomic mass is 10.1. The van der Waals surface area contributed by atoms with Crippen LogP contribution in [0.3, 0.4) is 0 Å². The number of imide groups is 1. The number of hydrogen-bond donors (Lipinski definition) is 1. The molecule has 0 unspecified atom stereocenters. The maximum absolute atomic E-state index is 12.6. The Kier molecular flexibility index (Phi) is 3.84. The number of aromatic amines is 1. The molecule has 2 amide bonds. The van der Waals surface area contributed by atoms with E-state index in [1.165, 1.54) is 7.11 Å². The fourth-order valence-electron chi connectivity index (χ4n) is 3.09. The van der Waals surface area contributed by atoms with Gasteiger partial charge in [0.2, 0.25) is 0 Å². The summed E-state index contributed by atoms with van der Waals surface area (Å²) in [6.45, 7) is -0.0563. The second-order valence-corrected chi connectivity index (χ2v) is 6.69. The summed E-state index contributed by atoms with van der Waals surface area (Å²) in [7, 11) is 1.46. The molecule has 8 heteroatoms. The van der Waals surface area contributed by atoms with Crippen molar-refractivity contribution < 1.29 is 14.3 Å². The molecular formula is C18H12BrN3O4. The molecule has 1 aromatic heterocycles. The predicted molar refractivity (Wildman–Crippen MR) is 97.3 cm³/mol. The minimum atomic E-state index is -0.407. The number of nitrogens with zero attached hydrogens (tertiary/aromatic N) is 2. The van der Waals surface area contributed by atoms with Crippen LogP contribution < -0.4 is 10.3 Å². The number of benzene rings is 2. The predicted octanol–water partition coefficient (Wildman–Crippen LogP) is 2.49. The van der Waals surface area contributed by atoms with Gasteiger partial charge in [0.05, 0.1) is 35.9 Å². The summed E-state index contributed by atoms with van der Waals surface area (Å²) < 4.78 is 5.97. The molecule has 1 aliphatic heterocycles. The van der Waals surface area contributed by atoms with Crippen LogP contribution in [0.5, 0.6) is 5.75 Å². The van der Waals surface area contributed by atoms with Crippen LogP contribution in [0, 0.1) is 0 Å². The molecule has 2 aromatic carbocycles. The van der Waals surface area contributed by atoms with Gasteiger partial charge in [-0.25, -0.2) is 5.10 Å². The lowest BCUT2D eigenvalue weighted by Gasteiger charge is -2.15. The zero-order valence-electron chi connectivity index (χ0n) is 13.6. The van der Waals surface area contributed by atoms with Crippen molar-refractivity contribution in [3.8, 4) is 5.75 Å². The van der Waals surface area contributed by atoms with Crippen molar-refractivity contribution in [1.29, 1.82) is 0 Å². The van der Waals surface area contributed by atoms with E-state index in [1.54, 1.807) is 36.4 Å². The van der Waals surface area contributed by atoms with E-state index in [-0.39, 0.29) is 18.4 Å². The molecule has 0 saturated heterocycles. The maximum Gasteiger partial charge on any atom is 0.275 e. The van der Waals surface area contributed by atoms with Crippen molar-refractivity contribution in [3.05, 3.63) is 68.0 Å². The number of aromatic nitrogens is 2. The molecule has 0 atom stereocenters. The van der Waals surface area contributed by atoms with Crippen LogP contribution in [-0.2, 0) is 6.54 Å². The molecule has 26 heavy (non-hydrogen) atoms. The highest BCUT2D eigenvalue weighted by Gasteiger charge is 2.35. The summed E-state index contributed by atoms with van der Waals surface area (Å²) in [6, 6.07) is 10.0. The highest BCUT2D eigenvalue weighted by molar-refractivity contribution is 9.10. The van der Waals surface area contributed by atoms with Gasteiger partial charge in [0.25, 0.3) is 17.4 Å². The summed E-state index contributed by atoms with van der Waals surface area (Å²) >= 11 is 3.38. The van der Waals surface area contributed by atoms with Gasteiger partial charge in [-0.3, -0.25) is 19.3 Å². The Labute approximate surface area is 155 Å². The first-order chi connectivity index (χ1) is 12.5. The Balaban J connectivity index is 1.84. The molecule has 2 heterocycles. The number of carbonyl (C=O) groups is 2. The fourth-order valence-corrected chi connectivity index (χ4v) is 3.53. The minimum absolute atomic E-state index is 0.0563. The molecule has 7 nitrogen and oxygen atoms in total. The zero-order valence-corrected chi connectivity index (χ0v) is 15.2. The number of fused-ring (bicyclic) bond motifs is 2. The number of H-pyrrole nitrogens is 1. The summed E-state index contributed by atoms with van der Waals surface area (Å²) in [4.78, 5) is 38.5. The van der Waals surface area contributed by atoms with Crippen molar-refractivity contribution in [3.63, 3.8) is 0 Å². The largest absolute Gasteiger partial charge is 0.496 e. The number of nitrogens with one attached hydrogen (secondary N) is 1. The molecule has 4 rings (SSSR count). The number of halogens is 1. The molecule has 1 aliphatic rings. The second-order valence-electron chi connectivity index (χ2n) is 5.77. The van der Waals surface area contributed by atoms with Crippen LogP contribution in [0.25, 0.3) is 10.8 Å². The lowest BCUT2D eigenvalue weighted by molar-refractivity contribution is 0.0641. The third kappa shape index (κ3) is 2.41. The lowest BCUT2D eigenvalue weighted by Crippen LogP contribution is -2.30. The van der Waals surface area contributed by atoms with Crippen molar-refractivity contribution in [1.82, 2.24) is 15.1 Å². The summed E-state index contributed by atoms with van der Waals surface area (Å²) in [5.41, 5.74) is 0.721. The van der Waals surface area contributed by atoms with E-state index >= 15 is 0 Å². The third-order valence-corrected chi connectivity index (χ3v) is 4.76. The van der Waals surface area contributed by atoms with Gasteiger partial charge in [-0.1, -0.05) is 28.1 Å². The Hall–Kier alpha value is -3.00. The fraction of sp³-hybridized carbons (Fsp3) is 0.111. The SMILES string of the molecule is COc1cc(Br)cc2c(CN3C(=O)c4ccccc4C3=O)n[nH]c(=O)c12. The van der Waals surface area contributed by atoms with E-state index in [1.807, 2.05) is 0 Å². The van der Waals surface area contributed by atoms with Crippen LogP contribution >= 0.6 is 15.9 Å². The molecular weight excluding hydrogens is 402 g/mol. The Morgan fingerprint density at radius 2 is 1.77 bits per heavy atom. The van der Waals surface area contributed by atoms with Crippen LogP contribution in [0.15, 0.2) is 45.7 Å². The standard InChI is InChI=1S/C18H12BrN3O4/c1-26-14-7-9(19)6-12-13(20-21-16(23)15(12)14)8-22-17(24)10-4-2-3-5-11(10)18(22)25/h2-7H,8H2,1H3,(H,21,23). The normalized spacial score (nSPS) is 13.4. The molecule has 3 aromatic rings. The zero-order chi connectivity index (χ0) is 18.4. The summed E-state index contributed by atoms with van der Waals surface area (Å²) in [5, 5.41) is 7.30. The first-order valence-electron chi connectivity index (χ1n) is 7.71. The number of ether oxygens (including phenoxy) is 1. The number of rotatable bonds is 3. The first kappa shape index (κ1) is 16.5. The first-order valence-corrected chi connectivity index (χ1v) is 8.50. The van der Waals surface area contributed by atoms with Crippen LogP contribution in [0.1, 0.15) is 26.4 Å². The van der Waals surface area contributed by atoms with Gasteiger partial charge in [0.1, 0.15) is 5.75 Å². The molecule has 0 radical (unpaired) electrons. The van der Waals surface area contributed by atoms with Gasteiger partial charge in [0.15, 0.2) is 0 Å². The molecule has 0 bridgehead atoms. The quantitative estimate of drug-likeness (QED) is 0.665. The van der Waals surface area contributed by atoms with Crippen molar-refractivity contribution in [2.45, 2.75) is 6.54 Å². The highest BCUT2D eigenvalue weighted by Crippen LogP contribution is 2.30. The molecule has 0 spiro atoms. The summed E-state index contributed by atoms with van der Waals surface area (Å²) in [6.07, 6.45) is 0. The van der Waals surface area contributed by atoms with Crippen LogP contribution in [0.4, 0.5) is 0 Å². The maximum atomic E-state index is 12.6. The number of carbonyl (C=O) groups excluding carboxylic acids is 2. The van der Waals surface area contributed by atoms with Gasteiger partial charge in [-0.05, 0) is 24.3 Å². The minimum Gasteiger partial charge on any atom is -0.496 e. The number of amides is 2. The Morgan fingerprint density at radius 1 is 1.12 bits per heavy atom. The molecule has 0 fully saturated rings. The van der Waals surface area contributed by atoms with Gasteiger partial charge < -0.3 is 4.74 Å². The van der Waals surface area contributed by atoms with Gasteiger partial charge >= 0.3 is 0 Å². The average molecular weight is 414 g/mol. The van der Waals surface area contributed by atoms with Crippen LogP contribution in [0.2, 0.25) is 0 Å². The molecule has 0 aliphatic carbocycles. The van der Waals surface area contributed by atoms with E-state index in [2.05, 4.69) is 26.1 Å². The molecule has 1 N–H and O–H groups in total. The van der Waals surface area contributed by atoms with E-state index < -0.39 is 5.56 Å². The van der Waals surface area contributed by atoms with E-state index in [0.717, 1.165) is 4.90 Å². The topological polar surface area (TPSA) is 92.4 Å². The number of methoxy groups -OCH3 is 1. The van der Waals surface area contributed by atoms with Crippen molar-refractivity contribution in [2.75, 3.05) is 7.11 Å². The van der Waals surface area contributed by atoms with E-state index in [0.29, 0.717) is 37.8 Å². The monoisotopic (exact) mass is 413 g/mol. The smallest absolute Gasteiger partial charge is 0.275 e. The van der Waals surface area contributed by atoms with Gasteiger partial charge in [-0.2, -0.15) is 5.10 Å². The number of hydrogen-bond acceptors (Lipinski definition) is 5. The van der Waals surface area contributed by atoms with Crippen molar-refractivity contribution in [2.24, 2.45) is 0 Å². The van der Waals surface area contributed by atoms with Gasteiger partial charge in [0, 0.05) is 9.86 Å². The van der Waals surface area contributed by atoms with Crippen molar-refractivity contribution >= 4 is 38.5 Å².